The second kappa shape index (κ2) is 6.99. The van der Waals surface area contributed by atoms with Crippen LogP contribution in [0.3, 0.4) is 0 Å². The molecule has 0 aromatic carbocycles. The maximum atomic E-state index is 12.4. The first-order valence-electron chi connectivity index (χ1n) is 5.57. The Labute approximate surface area is 112 Å². The van der Waals surface area contributed by atoms with Crippen LogP contribution >= 0.6 is 11.8 Å². The predicted molar refractivity (Wildman–Crippen MR) is 63.5 cm³/mol. The van der Waals surface area contributed by atoms with Gasteiger partial charge in [-0.25, -0.2) is 0 Å². The van der Waals surface area contributed by atoms with Crippen LogP contribution in [0.1, 0.15) is 6.42 Å². The van der Waals surface area contributed by atoms with Crippen LogP contribution in [0.5, 0.6) is 0 Å². The van der Waals surface area contributed by atoms with Gasteiger partial charge in [-0.2, -0.15) is 13.2 Å². The van der Waals surface area contributed by atoms with E-state index in [1.54, 1.807) is 0 Å². The third-order valence-electron chi connectivity index (χ3n) is 2.51. The Balaban J connectivity index is 2.62. The molecule has 0 aromatic heterocycles. The van der Waals surface area contributed by atoms with Gasteiger partial charge >= 0.3 is 12.1 Å². The quantitative estimate of drug-likeness (QED) is 0.754. The number of methoxy groups -OCH3 is 1. The fourth-order valence-corrected chi connectivity index (χ4v) is 2.52. The fourth-order valence-electron chi connectivity index (χ4n) is 1.59. The lowest BCUT2D eigenvalue weighted by atomic mass is 10.2. The first-order valence-corrected chi connectivity index (χ1v) is 6.72. The highest BCUT2D eigenvalue weighted by Crippen LogP contribution is 2.19. The van der Waals surface area contributed by atoms with Gasteiger partial charge in [-0.3, -0.25) is 14.9 Å². The highest BCUT2D eigenvalue weighted by Gasteiger charge is 2.36. The van der Waals surface area contributed by atoms with E-state index in [-0.39, 0.29) is 13.0 Å². The van der Waals surface area contributed by atoms with Crippen molar-refractivity contribution in [1.82, 2.24) is 10.2 Å². The fraction of sp³-hybridized carbons (Fsp3) is 0.800. The molecule has 0 saturated carbocycles. The van der Waals surface area contributed by atoms with E-state index in [0.29, 0.717) is 16.5 Å². The van der Waals surface area contributed by atoms with Gasteiger partial charge in [0.2, 0.25) is 5.91 Å². The molecule has 0 bridgehead atoms. The van der Waals surface area contributed by atoms with Crippen LogP contribution in [0.15, 0.2) is 0 Å². The van der Waals surface area contributed by atoms with E-state index < -0.39 is 30.6 Å². The molecule has 1 fully saturated rings. The zero-order chi connectivity index (χ0) is 14.5. The van der Waals surface area contributed by atoms with Crippen molar-refractivity contribution in [3.05, 3.63) is 0 Å². The van der Waals surface area contributed by atoms with Crippen molar-refractivity contribution in [2.45, 2.75) is 18.6 Å². The molecule has 110 valence electrons. The maximum absolute atomic E-state index is 12.4. The monoisotopic (exact) mass is 300 g/mol. The van der Waals surface area contributed by atoms with Crippen molar-refractivity contribution in [3.8, 4) is 0 Å². The Bertz CT molecular complexity index is 332. The molecule has 1 rings (SSSR count). The summed E-state index contributed by atoms with van der Waals surface area (Å²) in [6.07, 6.45) is -4.74. The number of alkyl halides is 3. The number of amides is 1. The molecule has 0 aliphatic carbocycles. The van der Waals surface area contributed by atoms with E-state index >= 15 is 0 Å². The number of hydrogen-bond acceptors (Lipinski definition) is 5. The first-order chi connectivity index (χ1) is 8.83. The number of esters is 1. The molecule has 1 atom stereocenters. The molecule has 1 amide bonds. The summed E-state index contributed by atoms with van der Waals surface area (Å²) in [7, 11) is 1.15. The lowest BCUT2D eigenvalue weighted by Gasteiger charge is -2.26. The summed E-state index contributed by atoms with van der Waals surface area (Å²) in [4.78, 5) is 23.5. The molecule has 1 heterocycles. The average Bonchev–Trinajstić information content (AvgIpc) is 2.85. The summed E-state index contributed by atoms with van der Waals surface area (Å²) < 4.78 is 41.6. The number of halogens is 3. The van der Waals surface area contributed by atoms with Crippen molar-refractivity contribution < 1.29 is 27.5 Å². The van der Waals surface area contributed by atoms with Crippen molar-refractivity contribution >= 4 is 23.6 Å². The number of nitrogens with zero attached hydrogens (tertiary/aromatic N) is 1. The third kappa shape index (κ3) is 5.68. The Kier molecular flexibility index (Phi) is 5.92. The summed E-state index contributed by atoms with van der Waals surface area (Å²) in [5.41, 5.74) is 0. The standard InChI is InChI=1S/C10H15F3N2O3S/c1-18-8(16)2-3-15(5-10(11,12)13)9(17)7-4-19-6-14-7/h7,14H,2-6H2,1H3. The Hall–Kier alpha value is -0.960. The molecule has 1 saturated heterocycles. The lowest BCUT2D eigenvalue weighted by Crippen LogP contribution is -2.49. The highest BCUT2D eigenvalue weighted by atomic mass is 32.2. The summed E-state index contributed by atoms with van der Waals surface area (Å²) in [5, 5.41) is 2.81. The smallest absolute Gasteiger partial charge is 0.406 e. The van der Waals surface area contributed by atoms with E-state index in [1.807, 2.05) is 0 Å². The third-order valence-corrected chi connectivity index (χ3v) is 3.45. The van der Waals surface area contributed by atoms with Gasteiger partial charge in [-0.1, -0.05) is 0 Å². The molecular weight excluding hydrogens is 285 g/mol. The van der Waals surface area contributed by atoms with Crippen LogP contribution in [0, 0.1) is 0 Å². The SMILES string of the molecule is COC(=O)CCN(CC(F)(F)F)C(=O)C1CSCN1. The van der Waals surface area contributed by atoms with Gasteiger partial charge in [0.15, 0.2) is 0 Å². The molecule has 5 nitrogen and oxygen atoms in total. The molecule has 1 unspecified atom stereocenters. The number of nitrogens with one attached hydrogen (secondary N) is 1. The lowest BCUT2D eigenvalue weighted by molar-refractivity contribution is -0.163. The van der Waals surface area contributed by atoms with Crippen LogP contribution in [0.25, 0.3) is 0 Å². The topological polar surface area (TPSA) is 58.6 Å². The average molecular weight is 300 g/mol. The maximum Gasteiger partial charge on any atom is 0.406 e. The van der Waals surface area contributed by atoms with Gasteiger partial charge in [0, 0.05) is 18.2 Å². The zero-order valence-electron chi connectivity index (χ0n) is 10.3. The second-order valence-corrected chi connectivity index (χ2v) is 5.00. The van der Waals surface area contributed by atoms with E-state index in [1.165, 1.54) is 11.8 Å². The second-order valence-electron chi connectivity index (χ2n) is 3.97. The molecule has 0 radical (unpaired) electrons. The molecule has 1 N–H and O–H groups in total. The summed E-state index contributed by atoms with van der Waals surface area (Å²) in [5.74, 6) is -0.307. The van der Waals surface area contributed by atoms with Gasteiger partial charge < -0.3 is 9.64 Å². The van der Waals surface area contributed by atoms with Crippen molar-refractivity contribution in [1.29, 1.82) is 0 Å². The number of carbonyl (C=O) groups excluding carboxylic acids is 2. The molecule has 0 spiro atoms. The zero-order valence-corrected chi connectivity index (χ0v) is 11.1. The van der Waals surface area contributed by atoms with Crippen LogP contribution in [-0.2, 0) is 14.3 Å². The molecule has 1 aliphatic heterocycles. The van der Waals surface area contributed by atoms with E-state index in [2.05, 4.69) is 10.1 Å². The van der Waals surface area contributed by atoms with E-state index in [0.717, 1.165) is 7.11 Å². The number of thioether (sulfide) groups is 1. The minimum absolute atomic E-state index is 0.252. The molecule has 9 heteroatoms. The van der Waals surface area contributed by atoms with Crippen LogP contribution in [-0.4, -0.2) is 60.8 Å². The van der Waals surface area contributed by atoms with Gasteiger partial charge in [-0.15, -0.1) is 11.8 Å². The largest absolute Gasteiger partial charge is 0.469 e. The molecule has 1 aliphatic rings. The van der Waals surface area contributed by atoms with Crippen molar-refractivity contribution in [2.24, 2.45) is 0 Å². The number of rotatable bonds is 5. The van der Waals surface area contributed by atoms with Crippen molar-refractivity contribution in [3.63, 3.8) is 0 Å². The Morgan fingerprint density at radius 1 is 1.47 bits per heavy atom. The summed E-state index contributed by atoms with van der Waals surface area (Å²) >= 11 is 1.44. The molecular formula is C10H15F3N2O3S. The van der Waals surface area contributed by atoms with Gasteiger partial charge in [0.1, 0.15) is 6.54 Å². The van der Waals surface area contributed by atoms with Crippen molar-refractivity contribution in [2.75, 3.05) is 31.8 Å². The minimum Gasteiger partial charge on any atom is -0.469 e. The Morgan fingerprint density at radius 3 is 2.63 bits per heavy atom. The van der Waals surface area contributed by atoms with Gasteiger partial charge in [-0.05, 0) is 0 Å². The number of carbonyl (C=O) groups is 2. The van der Waals surface area contributed by atoms with Crippen LogP contribution in [0.2, 0.25) is 0 Å². The Morgan fingerprint density at radius 2 is 2.16 bits per heavy atom. The molecule has 0 aromatic rings. The van der Waals surface area contributed by atoms with Gasteiger partial charge in [0.05, 0.1) is 19.6 Å². The summed E-state index contributed by atoms with van der Waals surface area (Å²) in [6, 6.07) is -0.620. The van der Waals surface area contributed by atoms with Crippen LogP contribution < -0.4 is 5.32 Å². The van der Waals surface area contributed by atoms with Crippen LogP contribution in [0.4, 0.5) is 13.2 Å². The number of hydrogen-bond donors (Lipinski definition) is 1. The normalized spacial score (nSPS) is 19.3. The van der Waals surface area contributed by atoms with E-state index in [9.17, 15) is 22.8 Å². The molecule has 19 heavy (non-hydrogen) atoms. The first kappa shape index (κ1) is 16.1. The predicted octanol–water partition coefficient (Wildman–Crippen LogP) is 0.603. The highest BCUT2D eigenvalue weighted by molar-refractivity contribution is 7.99. The van der Waals surface area contributed by atoms with Gasteiger partial charge in [0.25, 0.3) is 0 Å². The number of ether oxygens (including phenoxy) is 1. The summed E-state index contributed by atoms with van der Waals surface area (Å²) in [6.45, 7) is -1.65. The van der Waals surface area contributed by atoms with E-state index in [4.69, 9.17) is 0 Å². The minimum atomic E-state index is -4.49.